The number of hydrogen-bond acceptors (Lipinski definition) is 5. The number of amides is 1. The molecule has 1 heterocycles. The molecule has 6 heteroatoms. The summed E-state index contributed by atoms with van der Waals surface area (Å²) in [6.07, 6.45) is 1.37. The van der Waals surface area contributed by atoms with Gasteiger partial charge in [-0.25, -0.2) is 9.97 Å². The van der Waals surface area contributed by atoms with E-state index in [0.29, 0.717) is 23.6 Å². The first-order chi connectivity index (χ1) is 13.6. The SMILES string of the molecule is CC(C)N(Cc1ccccc1)C(=O)c1cc(Nc2cccc(C#N)c2)ncn1. The van der Waals surface area contributed by atoms with Crippen LogP contribution in [0.2, 0.25) is 0 Å². The Morgan fingerprint density at radius 2 is 1.89 bits per heavy atom. The van der Waals surface area contributed by atoms with Crippen molar-refractivity contribution in [2.45, 2.75) is 26.4 Å². The van der Waals surface area contributed by atoms with Crippen LogP contribution >= 0.6 is 0 Å². The third-order valence-electron chi connectivity index (χ3n) is 4.23. The van der Waals surface area contributed by atoms with E-state index in [2.05, 4.69) is 21.4 Å². The maximum absolute atomic E-state index is 13.1. The second kappa shape index (κ2) is 8.78. The van der Waals surface area contributed by atoms with Crippen LogP contribution in [0.5, 0.6) is 0 Å². The van der Waals surface area contributed by atoms with Crippen LogP contribution in [-0.4, -0.2) is 26.8 Å². The van der Waals surface area contributed by atoms with Crippen LogP contribution in [0, 0.1) is 11.3 Å². The van der Waals surface area contributed by atoms with Crippen LogP contribution in [0.15, 0.2) is 67.0 Å². The second-order valence-electron chi connectivity index (χ2n) is 6.62. The van der Waals surface area contributed by atoms with Gasteiger partial charge in [-0.15, -0.1) is 0 Å². The second-order valence-corrected chi connectivity index (χ2v) is 6.62. The number of nitrogens with one attached hydrogen (secondary N) is 1. The molecule has 3 aromatic rings. The number of anilines is 2. The molecule has 2 aromatic carbocycles. The number of benzene rings is 2. The summed E-state index contributed by atoms with van der Waals surface area (Å²) in [5.74, 6) is 0.340. The molecule has 28 heavy (non-hydrogen) atoms. The summed E-state index contributed by atoms with van der Waals surface area (Å²) in [6, 6.07) is 20.7. The first-order valence-electron chi connectivity index (χ1n) is 9.01. The highest BCUT2D eigenvalue weighted by Crippen LogP contribution is 2.18. The van der Waals surface area contributed by atoms with E-state index < -0.39 is 0 Å². The van der Waals surface area contributed by atoms with E-state index in [1.807, 2.05) is 50.2 Å². The maximum Gasteiger partial charge on any atom is 0.273 e. The zero-order valence-electron chi connectivity index (χ0n) is 15.8. The molecule has 1 amide bonds. The van der Waals surface area contributed by atoms with Crippen molar-refractivity contribution in [3.05, 3.63) is 83.8 Å². The highest BCUT2D eigenvalue weighted by atomic mass is 16.2. The monoisotopic (exact) mass is 371 g/mol. The molecule has 0 aliphatic rings. The van der Waals surface area contributed by atoms with Crippen LogP contribution in [0.1, 0.15) is 35.5 Å². The summed E-state index contributed by atoms with van der Waals surface area (Å²) >= 11 is 0. The lowest BCUT2D eigenvalue weighted by Gasteiger charge is -2.26. The molecule has 3 rings (SSSR count). The quantitative estimate of drug-likeness (QED) is 0.704. The molecule has 0 saturated heterocycles. The fourth-order valence-electron chi connectivity index (χ4n) is 2.77. The van der Waals surface area contributed by atoms with E-state index in [4.69, 9.17) is 5.26 Å². The summed E-state index contributed by atoms with van der Waals surface area (Å²) in [4.78, 5) is 23.2. The molecule has 0 unspecified atom stereocenters. The van der Waals surface area contributed by atoms with Gasteiger partial charge >= 0.3 is 0 Å². The Bertz CT molecular complexity index is 995. The molecular formula is C22H21N5O. The topological polar surface area (TPSA) is 81.9 Å². The lowest BCUT2D eigenvalue weighted by molar-refractivity contribution is 0.0684. The third kappa shape index (κ3) is 4.71. The van der Waals surface area contributed by atoms with Crippen molar-refractivity contribution in [2.75, 3.05) is 5.32 Å². The highest BCUT2D eigenvalue weighted by Gasteiger charge is 2.21. The largest absolute Gasteiger partial charge is 0.340 e. The summed E-state index contributed by atoms with van der Waals surface area (Å²) in [6.45, 7) is 4.47. The summed E-state index contributed by atoms with van der Waals surface area (Å²) in [5.41, 5.74) is 2.65. The molecule has 0 fully saturated rings. The van der Waals surface area contributed by atoms with Crippen molar-refractivity contribution in [3.8, 4) is 6.07 Å². The lowest BCUT2D eigenvalue weighted by Crippen LogP contribution is -2.36. The van der Waals surface area contributed by atoms with Crippen molar-refractivity contribution in [1.29, 1.82) is 5.26 Å². The van der Waals surface area contributed by atoms with Crippen LogP contribution in [0.25, 0.3) is 0 Å². The predicted molar refractivity (Wildman–Crippen MR) is 108 cm³/mol. The van der Waals surface area contributed by atoms with Crippen LogP contribution in [0.3, 0.4) is 0 Å². The highest BCUT2D eigenvalue weighted by molar-refractivity contribution is 5.93. The van der Waals surface area contributed by atoms with Gasteiger partial charge < -0.3 is 10.2 Å². The predicted octanol–water partition coefficient (Wildman–Crippen LogP) is 4.14. The van der Waals surface area contributed by atoms with Gasteiger partial charge in [0.25, 0.3) is 5.91 Å². The van der Waals surface area contributed by atoms with E-state index in [-0.39, 0.29) is 11.9 Å². The minimum Gasteiger partial charge on any atom is -0.340 e. The van der Waals surface area contributed by atoms with E-state index in [1.165, 1.54) is 6.33 Å². The first-order valence-corrected chi connectivity index (χ1v) is 9.01. The van der Waals surface area contributed by atoms with Crippen LogP contribution < -0.4 is 5.32 Å². The van der Waals surface area contributed by atoms with Gasteiger partial charge in [0.15, 0.2) is 0 Å². The van der Waals surface area contributed by atoms with Crippen LogP contribution in [0.4, 0.5) is 11.5 Å². The molecule has 0 aliphatic carbocycles. The summed E-state index contributed by atoms with van der Waals surface area (Å²) in [7, 11) is 0. The molecule has 6 nitrogen and oxygen atoms in total. The van der Waals surface area contributed by atoms with Gasteiger partial charge in [0, 0.05) is 24.3 Å². The van der Waals surface area contributed by atoms with E-state index in [0.717, 1.165) is 11.3 Å². The fourth-order valence-corrected chi connectivity index (χ4v) is 2.77. The smallest absolute Gasteiger partial charge is 0.273 e. The molecule has 0 saturated carbocycles. The van der Waals surface area contributed by atoms with Crippen molar-refractivity contribution >= 4 is 17.4 Å². The number of nitrogens with zero attached hydrogens (tertiary/aromatic N) is 4. The standard InChI is InChI=1S/C22H21N5O/c1-16(2)27(14-17-7-4-3-5-8-17)22(28)20-12-21(25-15-24-20)26-19-10-6-9-18(11-19)13-23/h3-12,15-16H,14H2,1-2H3,(H,24,25,26). The van der Waals surface area contributed by atoms with E-state index in [1.54, 1.807) is 29.2 Å². The Morgan fingerprint density at radius 1 is 1.11 bits per heavy atom. The minimum absolute atomic E-state index is 0.0198. The Labute approximate surface area is 164 Å². The van der Waals surface area contributed by atoms with E-state index >= 15 is 0 Å². The first kappa shape index (κ1) is 19.1. The Morgan fingerprint density at radius 3 is 2.61 bits per heavy atom. The minimum atomic E-state index is -0.157. The van der Waals surface area contributed by atoms with Gasteiger partial charge in [0.1, 0.15) is 17.8 Å². The molecular weight excluding hydrogens is 350 g/mol. The van der Waals surface area contributed by atoms with Crippen molar-refractivity contribution in [2.24, 2.45) is 0 Å². The molecule has 1 aromatic heterocycles. The molecule has 0 aliphatic heterocycles. The fraction of sp³-hybridized carbons (Fsp3) is 0.182. The number of rotatable bonds is 6. The molecule has 0 radical (unpaired) electrons. The normalized spacial score (nSPS) is 10.4. The Kier molecular flexibility index (Phi) is 5.97. The molecule has 0 atom stereocenters. The van der Waals surface area contributed by atoms with Crippen molar-refractivity contribution in [3.63, 3.8) is 0 Å². The number of carbonyl (C=O) groups is 1. The van der Waals surface area contributed by atoms with Gasteiger partial charge in [0.05, 0.1) is 11.6 Å². The van der Waals surface area contributed by atoms with Crippen LogP contribution in [-0.2, 0) is 6.54 Å². The summed E-state index contributed by atoms with van der Waals surface area (Å²) < 4.78 is 0. The zero-order valence-corrected chi connectivity index (χ0v) is 15.8. The molecule has 1 N–H and O–H groups in total. The van der Waals surface area contributed by atoms with Gasteiger partial charge in [0.2, 0.25) is 0 Å². The third-order valence-corrected chi connectivity index (χ3v) is 4.23. The van der Waals surface area contributed by atoms with Crippen molar-refractivity contribution < 1.29 is 4.79 Å². The van der Waals surface area contributed by atoms with E-state index in [9.17, 15) is 4.79 Å². The summed E-state index contributed by atoms with van der Waals surface area (Å²) in [5, 5.41) is 12.1. The number of aromatic nitrogens is 2. The number of nitriles is 1. The molecule has 0 spiro atoms. The van der Waals surface area contributed by atoms with Gasteiger partial charge in [-0.2, -0.15) is 5.26 Å². The van der Waals surface area contributed by atoms with Gasteiger partial charge in [-0.3, -0.25) is 4.79 Å². The number of carbonyl (C=O) groups excluding carboxylic acids is 1. The number of hydrogen-bond donors (Lipinski definition) is 1. The van der Waals surface area contributed by atoms with Gasteiger partial charge in [-0.05, 0) is 37.6 Å². The maximum atomic E-state index is 13.1. The van der Waals surface area contributed by atoms with Gasteiger partial charge in [-0.1, -0.05) is 36.4 Å². The Balaban J connectivity index is 1.81. The average Bonchev–Trinajstić information content (AvgIpc) is 2.72. The molecule has 140 valence electrons. The average molecular weight is 371 g/mol. The van der Waals surface area contributed by atoms with Crippen molar-refractivity contribution in [1.82, 2.24) is 14.9 Å². The lowest BCUT2D eigenvalue weighted by atomic mass is 10.1. The Hall–Kier alpha value is -3.72. The zero-order chi connectivity index (χ0) is 19.9. The molecule has 0 bridgehead atoms.